The highest BCUT2D eigenvalue weighted by Gasteiger charge is 2.70. The number of nitrogens with zero attached hydrogens (tertiary/aromatic N) is 2. The number of rotatable bonds is 3. The van der Waals surface area contributed by atoms with E-state index in [-0.39, 0.29) is 24.3 Å². The number of carbonyl (C=O) groups is 1. The Balaban J connectivity index is 2.00. The van der Waals surface area contributed by atoms with E-state index in [1.807, 2.05) is 0 Å². The molecule has 0 spiro atoms. The molecule has 23 heavy (non-hydrogen) atoms. The first kappa shape index (κ1) is 15.5. The second-order valence-electron chi connectivity index (χ2n) is 5.35. The number of esters is 1. The third-order valence-corrected chi connectivity index (χ3v) is 3.93. The highest BCUT2D eigenvalue weighted by atomic mass is 19.4. The number of hydrogen-bond donors (Lipinski definition) is 1. The van der Waals surface area contributed by atoms with Gasteiger partial charge in [0, 0.05) is 24.4 Å². The molecule has 124 valence electrons. The summed E-state index contributed by atoms with van der Waals surface area (Å²) in [6, 6.07) is 3.67. The molecule has 7 nitrogen and oxygen atoms in total. The molecule has 0 radical (unpaired) electrons. The lowest BCUT2D eigenvalue weighted by molar-refractivity contribution is -0.384. The molecule has 1 N–H and O–H groups in total. The molecule has 3 rings (SSSR count). The molecule has 0 aliphatic carbocycles. The molecule has 2 aliphatic heterocycles. The Morgan fingerprint density at radius 2 is 2.17 bits per heavy atom. The lowest BCUT2D eigenvalue weighted by Crippen LogP contribution is -2.62. The van der Waals surface area contributed by atoms with Crippen molar-refractivity contribution in [1.29, 1.82) is 0 Å². The van der Waals surface area contributed by atoms with Crippen LogP contribution in [0.1, 0.15) is 12.8 Å². The first-order chi connectivity index (χ1) is 10.7. The van der Waals surface area contributed by atoms with Crippen molar-refractivity contribution in [3.05, 3.63) is 34.4 Å². The molecule has 2 fully saturated rings. The number of benzene rings is 1. The van der Waals surface area contributed by atoms with Crippen molar-refractivity contribution < 1.29 is 27.6 Å². The van der Waals surface area contributed by atoms with Crippen LogP contribution in [0.5, 0.6) is 0 Å². The van der Waals surface area contributed by atoms with Gasteiger partial charge < -0.3 is 10.1 Å². The number of cyclic esters (lactones) is 1. The lowest BCUT2D eigenvalue weighted by atomic mass is 10.2. The van der Waals surface area contributed by atoms with Crippen molar-refractivity contribution in [2.24, 2.45) is 0 Å². The minimum Gasteiger partial charge on any atom is -0.414 e. The van der Waals surface area contributed by atoms with Crippen LogP contribution in [0.4, 0.5) is 24.5 Å². The van der Waals surface area contributed by atoms with Crippen LogP contribution in [0.2, 0.25) is 0 Å². The fourth-order valence-corrected chi connectivity index (χ4v) is 2.94. The number of hydrogen-bond acceptors (Lipinski definition) is 6. The summed E-state index contributed by atoms with van der Waals surface area (Å²) in [4.78, 5) is 22.7. The molecule has 2 atom stereocenters. The largest absolute Gasteiger partial charge is 0.465 e. The van der Waals surface area contributed by atoms with Crippen molar-refractivity contribution in [3.8, 4) is 0 Å². The third-order valence-electron chi connectivity index (χ3n) is 3.93. The number of alkyl halides is 3. The van der Waals surface area contributed by atoms with Gasteiger partial charge in [-0.15, -0.1) is 0 Å². The first-order valence-corrected chi connectivity index (χ1v) is 6.83. The van der Waals surface area contributed by atoms with Gasteiger partial charge in [0.25, 0.3) is 5.69 Å². The molecule has 2 aliphatic rings. The first-order valence-electron chi connectivity index (χ1n) is 6.83. The fourth-order valence-electron chi connectivity index (χ4n) is 2.94. The highest BCUT2D eigenvalue weighted by Crippen LogP contribution is 2.46. The molecule has 2 heterocycles. The molecule has 0 bridgehead atoms. The number of halogens is 3. The smallest absolute Gasteiger partial charge is 0.414 e. The Labute approximate surface area is 128 Å². The fraction of sp³-hybridized carbons (Fsp3) is 0.462. The van der Waals surface area contributed by atoms with Gasteiger partial charge in [-0.1, -0.05) is 6.07 Å². The summed E-state index contributed by atoms with van der Waals surface area (Å²) in [5, 5.41) is 12.9. The topological polar surface area (TPSA) is 84.7 Å². The van der Waals surface area contributed by atoms with Crippen molar-refractivity contribution in [2.75, 3.05) is 11.9 Å². The highest BCUT2D eigenvalue weighted by molar-refractivity contribution is 5.79. The third kappa shape index (κ3) is 2.38. The molecule has 1 aromatic rings. The molecule has 0 unspecified atom stereocenters. The molecule has 1 aromatic carbocycles. The zero-order valence-corrected chi connectivity index (χ0v) is 11.7. The van der Waals surface area contributed by atoms with Crippen LogP contribution in [0, 0.1) is 10.1 Å². The van der Waals surface area contributed by atoms with E-state index in [0.29, 0.717) is 6.42 Å². The summed E-state index contributed by atoms with van der Waals surface area (Å²) in [7, 11) is 0. The Kier molecular flexibility index (Phi) is 3.43. The van der Waals surface area contributed by atoms with Gasteiger partial charge in [-0.05, 0) is 18.9 Å². The van der Waals surface area contributed by atoms with E-state index in [4.69, 9.17) is 0 Å². The van der Waals surface area contributed by atoms with Crippen molar-refractivity contribution in [3.63, 3.8) is 0 Å². The van der Waals surface area contributed by atoms with Gasteiger partial charge in [0.2, 0.25) is 0 Å². The van der Waals surface area contributed by atoms with Crippen molar-refractivity contribution >= 4 is 17.3 Å². The van der Waals surface area contributed by atoms with E-state index < -0.39 is 29.0 Å². The predicted octanol–water partition coefficient (Wildman–Crippen LogP) is 2.24. The van der Waals surface area contributed by atoms with Gasteiger partial charge in [-0.2, -0.15) is 13.2 Å². The van der Waals surface area contributed by atoms with Crippen molar-refractivity contribution in [1.82, 2.24) is 4.90 Å². The Bertz CT molecular complexity index is 666. The Morgan fingerprint density at radius 1 is 1.43 bits per heavy atom. The minimum absolute atomic E-state index is 0.0395. The molecule has 10 heteroatoms. The van der Waals surface area contributed by atoms with Gasteiger partial charge in [-0.3, -0.25) is 14.9 Å². The standard InChI is InChI=1S/C13H12F3N3O4/c14-12(15,16)13(18-6-2-5-10(18)11(20)23-13)17-8-3-1-4-9(7-8)19(21)22/h1,3-4,7,10,17H,2,5-6H2/t10-,13-/m1/s1. The van der Waals surface area contributed by atoms with Gasteiger partial charge in [0.05, 0.1) is 4.92 Å². The summed E-state index contributed by atoms with van der Waals surface area (Å²) >= 11 is 0. The van der Waals surface area contributed by atoms with Crippen LogP contribution in [0.3, 0.4) is 0 Å². The van der Waals surface area contributed by atoms with Gasteiger partial charge in [0.15, 0.2) is 0 Å². The van der Waals surface area contributed by atoms with Gasteiger partial charge >= 0.3 is 18.0 Å². The maximum Gasteiger partial charge on any atom is 0.465 e. The summed E-state index contributed by atoms with van der Waals surface area (Å²) in [5.41, 5.74) is -0.522. The Hall–Kier alpha value is -2.36. The van der Waals surface area contributed by atoms with Crippen LogP contribution >= 0.6 is 0 Å². The minimum atomic E-state index is -4.91. The van der Waals surface area contributed by atoms with Gasteiger partial charge in [-0.25, -0.2) is 4.90 Å². The van der Waals surface area contributed by atoms with E-state index >= 15 is 0 Å². The van der Waals surface area contributed by atoms with Crippen LogP contribution in [-0.4, -0.2) is 40.4 Å². The number of carbonyl (C=O) groups excluding carboxylic acids is 1. The molecular weight excluding hydrogens is 319 g/mol. The monoisotopic (exact) mass is 331 g/mol. The number of nitro groups is 1. The maximum absolute atomic E-state index is 13.7. The lowest BCUT2D eigenvalue weighted by Gasteiger charge is -2.37. The molecule has 0 saturated carbocycles. The van der Waals surface area contributed by atoms with E-state index in [0.717, 1.165) is 17.0 Å². The normalized spacial score (nSPS) is 27.6. The Morgan fingerprint density at radius 3 is 2.83 bits per heavy atom. The maximum atomic E-state index is 13.7. The second kappa shape index (κ2) is 5.08. The molecule has 0 amide bonds. The van der Waals surface area contributed by atoms with Crippen LogP contribution < -0.4 is 5.32 Å². The van der Waals surface area contributed by atoms with E-state index in [1.54, 1.807) is 0 Å². The van der Waals surface area contributed by atoms with E-state index in [1.165, 1.54) is 12.1 Å². The number of ether oxygens (including phenoxy) is 1. The SMILES string of the molecule is O=C1O[C@@](Nc2cccc([N+](=O)[O-])c2)(C(F)(F)F)N2CCC[C@H]12. The number of non-ortho nitro benzene ring substituents is 1. The second-order valence-corrected chi connectivity index (χ2v) is 5.35. The van der Waals surface area contributed by atoms with Crippen LogP contribution in [-0.2, 0) is 9.53 Å². The van der Waals surface area contributed by atoms with Crippen LogP contribution in [0.15, 0.2) is 24.3 Å². The quantitative estimate of drug-likeness (QED) is 0.519. The van der Waals surface area contributed by atoms with Crippen molar-refractivity contribution in [2.45, 2.75) is 30.9 Å². The average Bonchev–Trinajstić information content (AvgIpc) is 3.03. The molecule has 0 aromatic heterocycles. The predicted molar refractivity (Wildman–Crippen MR) is 71.3 cm³/mol. The summed E-state index contributed by atoms with van der Waals surface area (Å²) in [5.74, 6) is -3.95. The summed E-state index contributed by atoms with van der Waals surface area (Å²) in [6.07, 6.45) is -4.19. The van der Waals surface area contributed by atoms with E-state index in [9.17, 15) is 28.1 Å². The molecule has 2 saturated heterocycles. The van der Waals surface area contributed by atoms with E-state index in [2.05, 4.69) is 10.1 Å². The average molecular weight is 331 g/mol. The zero-order chi connectivity index (χ0) is 16.8. The van der Waals surface area contributed by atoms with Gasteiger partial charge in [0.1, 0.15) is 6.04 Å². The van der Waals surface area contributed by atoms with Crippen LogP contribution in [0.25, 0.3) is 0 Å². The molecular formula is C13H12F3N3O4. The number of nitro benzene ring substituents is 1. The number of anilines is 1. The zero-order valence-electron chi connectivity index (χ0n) is 11.7. The number of fused-ring (bicyclic) bond motifs is 1. The summed E-state index contributed by atoms with van der Waals surface area (Å²) in [6.45, 7) is 0.0395. The number of nitrogens with one attached hydrogen (secondary N) is 1. The summed E-state index contributed by atoms with van der Waals surface area (Å²) < 4.78 is 45.6.